The second-order valence-electron chi connectivity index (χ2n) is 2.71. The third kappa shape index (κ3) is 1.95. The molecule has 0 amide bonds. The Kier molecular flexibility index (Phi) is 3.06. The molecule has 0 bridgehead atoms. The van der Waals surface area contributed by atoms with Crippen molar-refractivity contribution < 1.29 is 0 Å². The van der Waals surface area contributed by atoms with Crippen LogP contribution in [0.25, 0.3) is 0 Å². The molecule has 0 radical (unpaired) electrons. The van der Waals surface area contributed by atoms with Crippen molar-refractivity contribution in [2.75, 3.05) is 0 Å². The first kappa shape index (κ1) is 9.92. The highest BCUT2D eigenvalue weighted by Crippen LogP contribution is 2.19. The van der Waals surface area contributed by atoms with Crippen molar-refractivity contribution in [2.24, 2.45) is 0 Å². The molecule has 1 aromatic heterocycles. The van der Waals surface area contributed by atoms with Crippen LogP contribution < -0.4 is 5.56 Å². The lowest BCUT2D eigenvalue weighted by molar-refractivity contribution is 0.792. The van der Waals surface area contributed by atoms with Crippen LogP contribution in [0, 0.1) is 0 Å². The van der Waals surface area contributed by atoms with Gasteiger partial charge in [-0.1, -0.05) is 13.8 Å². The molecule has 12 heavy (non-hydrogen) atoms. The molecule has 0 saturated carbocycles. The quantitative estimate of drug-likeness (QED) is 0.809. The van der Waals surface area contributed by atoms with E-state index < -0.39 is 0 Å². The Morgan fingerprint density at radius 1 is 1.42 bits per heavy atom. The van der Waals surface area contributed by atoms with Gasteiger partial charge < -0.3 is 4.98 Å². The van der Waals surface area contributed by atoms with Gasteiger partial charge in [0.25, 0.3) is 5.56 Å². The number of aromatic nitrogens is 2. The van der Waals surface area contributed by atoms with E-state index in [0.29, 0.717) is 9.21 Å². The van der Waals surface area contributed by atoms with E-state index in [4.69, 9.17) is 0 Å². The maximum absolute atomic E-state index is 11.2. The highest BCUT2D eigenvalue weighted by molar-refractivity contribution is 9.10. The van der Waals surface area contributed by atoms with Crippen molar-refractivity contribution in [1.82, 2.24) is 9.97 Å². The molecule has 0 saturated heterocycles. The van der Waals surface area contributed by atoms with Gasteiger partial charge in [0.15, 0.2) is 4.73 Å². The molecular weight excluding hydrogens is 288 g/mol. The summed E-state index contributed by atoms with van der Waals surface area (Å²) in [5.74, 6) is 0.234. The van der Waals surface area contributed by atoms with Gasteiger partial charge >= 0.3 is 0 Å². The smallest absolute Gasteiger partial charge is 0.266 e. The Balaban J connectivity index is 3.38. The normalized spacial score (nSPS) is 10.8. The molecule has 1 rings (SSSR count). The van der Waals surface area contributed by atoms with Crippen LogP contribution in [0.15, 0.2) is 14.0 Å². The van der Waals surface area contributed by atoms with E-state index in [1.807, 2.05) is 13.8 Å². The van der Waals surface area contributed by atoms with Gasteiger partial charge in [-0.2, -0.15) is 0 Å². The molecule has 66 valence electrons. The van der Waals surface area contributed by atoms with Crippen molar-refractivity contribution in [3.8, 4) is 0 Å². The lowest BCUT2D eigenvalue weighted by Gasteiger charge is -2.05. The van der Waals surface area contributed by atoms with E-state index in [0.717, 1.165) is 5.69 Å². The fourth-order valence-corrected chi connectivity index (χ4v) is 1.85. The SMILES string of the molecule is CC(C)c1nc(Br)[nH]c(=O)c1Br. The van der Waals surface area contributed by atoms with Crippen molar-refractivity contribution >= 4 is 31.9 Å². The third-order valence-corrected chi connectivity index (χ3v) is 2.55. The van der Waals surface area contributed by atoms with Crippen LogP contribution in [-0.4, -0.2) is 9.97 Å². The van der Waals surface area contributed by atoms with E-state index in [1.54, 1.807) is 0 Å². The average molecular weight is 296 g/mol. The van der Waals surface area contributed by atoms with Crippen LogP contribution in [0.2, 0.25) is 0 Å². The molecule has 0 fully saturated rings. The number of halogens is 2. The minimum absolute atomic E-state index is 0.152. The van der Waals surface area contributed by atoms with E-state index in [1.165, 1.54) is 0 Å². The van der Waals surface area contributed by atoms with Crippen LogP contribution in [-0.2, 0) is 0 Å². The van der Waals surface area contributed by atoms with Gasteiger partial charge in [-0.05, 0) is 37.8 Å². The first-order valence-electron chi connectivity index (χ1n) is 3.47. The standard InChI is InChI=1S/C7H8Br2N2O/c1-3(2)5-4(8)6(12)11-7(9)10-5/h3H,1-2H3,(H,10,11,12). The van der Waals surface area contributed by atoms with Gasteiger partial charge in [0.05, 0.1) is 5.69 Å². The van der Waals surface area contributed by atoms with E-state index in [9.17, 15) is 4.79 Å². The molecule has 0 aliphatic heterocycles. The summed E-state index contributed by atoms with van der Waals surface area (Å²) < 4.78 is 0.986. The molecular formula is C7H8Br2N2O. The molecule has 0 unspecified atom stereocenters. The highest BCUT2D eigenvalue weighted by atomic mass is 79.9. The van der Waals surface area contributed by atoms with Gasteiger partial charge in [-0.15, -0.1) is 0 Å². The van der Waals surface area contributed by atoms with E-state index in [2.05, 4.69) is 41.8 Å². The summed E-state index contributed by atoms with van der Waals surface area (Å²) in [6.07, 6.45) is 0. The van der Waals surface area contributed by atoms with Gasteiger partial charge in [-0.25, -0.2) is 4.98 Å². The van der Waals surface area contributed by atoms with Crippen LogP contribution in [0.5, 0.6) is 0 Å². The lowest BCUT2D eigenvalue weighted by atomic mass is 10.1. The summed E-state index contributed by atoms with van der Waals surface area (Å²) in [5, 5.41) is 0. The predicted octanol–water partition coefficient (Wildman–Crippen LogP) is 2.42. The number of hydrogen-bond donors (Lipinski definition) is 1. The Bertz CT molecular complexity index is 346. The Labute approximate surface area is 86.9 Å². The first-order valence-corrected chi connectivity index (χ1v) is 5.06. The zero-order valence-corrected chi connectivity index (χ0v) is 9.86. The zero-order valence-electron chi connectivity index (χ0n) is 6.69. The predicted molar refractivity (Wildman–Crippen MR) is 54.3 cm³/mol. The Morgan fingerprint density at radius 2 is 2.00 bits per heavy atom. The summed E-state index contributed by atoms with van der Waals surface area (Å²) in [6, 6.07) is 0. The van der Waals surface area contributed by atoms with Gasteiger partial charge in [0, 0.05) is 0 Å². The largest absolute Gasteiger partial charge is 0.300 e. The molecule has 3 nitrogen and oxygen atoms in total. The minimum Gasteiger partial charge on any atom is -0.300 e. The summed E-state index contributed by atoms with van der Waals surface area (Å²) in [7, 11) is 0. The van der Waals surface area contributed by atoms with Crippen molar-refractivity contribution in [3.63, 3.8) is 0 Å². The number of nitrogens with zero attached hydrogens (tertiary/aromatic N) is 1. The molecule has 1 aromatic rings. The van der Waals surface area contributed by atoms with Crippen LogP contribution in [0.1, 0.15) is 25.5 Å². The third-order valence-electron chi connectivity index (χ3n) is 1.41. The van der Waals surface area contributed by atoms with Gasteiger partial charge in [0.2, 0.25) is 0 Å². The Morgan fingerprint density at radius 3 is 2.50 bits per heavy atom. The lowest BCUT2D eigenvalue weighted by Crippen LogP contribution is -2.13. The molecule has 0 aliphatic carbocycles. The summed E-state index contributed by atoms with van der Waals surface area (Å²) >= 11 is 6.32. The van der Waals surface area contributed by atoms with Crippen molar-refractivity contribution in [2.45, 2.75) is 19.8 Å². The zero-order chi connectivity index (χ0) is 9.30. The second-order valence-corrected chi connectivity index (χ2v) is 4.25. The van der Waals surface area contributed by atoms with Crippen LogP contribution in [0.4, 0.5) is 0 Å². The number of H-pyrrole nitrogens is 1. The number of hydrogen-bond acceptors (Lipinski definition) is 2. The monoisotopic (exact) mass is 294 g/mol. The van der Waals surface area contributed by atoms with Crippen LogP contribution >= 0.6 is 31.9 Å². The Hall–Kier alpha value is -0.160. The average Bonchev–Trinajstić information content (AvgIpc) is 1.96. The van der Waals surface area contributed by atoms with Crippen molar-refractivity contribution in [3.05, 3.63) is 25.3 Å². The fourth-order valence-electron chi connectivity index (χ4n) is 0.830. The summed E-state index contributed by atoms with van der Waals surface area (Å²) in [6.45, 7) is 3.97. The molecule has 0 spiro atoms. The highest BCUT2D eigenvalue weighted by Gasteiger charge is 2.10. The van der Waals surface area contributed by atoms with Gasteiger partial charge in [-0.3, -0.25) is 4.79 Å². The molecule has 5 heteroatoms. The topological polar surface area (TPSA) is 45.8 Å². The fraction of sp³-hybridized carbons (Fsp3) is 0.429. The maximum atomic E-state index is 11.2. The molecule has 0 aliphatic rings. The molecule has 1 N–H and O–H groups in total. The molecule has 0 atom stereocenters. The van der Waals surface area contributed by atoms with Crippen molar-refractivity contribution in [1.29, 1.82) is 0 Å². The first-order chi connectivity index (χ1) is 5.52. The van der Waals surface area contributed by atoms with Gasteiger partial charge in [0.1, 0.15) is 4.47 Å². The molecule has 1 heterocycles. The second kappa shape index (κ2) is 3.70. The van der Waals surface area contributed by atoms with E-state index in [-0.39, 0.29) is 11.5 Å². The number of rotatable bonds is 1. The minimum atomic E-state index is -0.152. The van der Waals surface area contributed by atoms with E-state index >= 15 is 0 Å². The molecule has 0 aromatic carbocycles. The summed E-state index contributed by atoms with van der Waals surface area (Å²) in [5.41, 5.74) is 0.617. The number of aromatic amines is 1. The maximum Gasteiger partial charge on any atom is 0.266 e. The van der Waals surface area contributed by atoms with Crippen LogP contribution in [0.3, 0.4) is 0 Å². The number of nitrogens with one attached hydrogen (secondary N) is 1. The summed E-state index contributed by atoms with van der Waals surface area (Å²) in [4.78, 5) is 17.9.